The minimum atomic E-state index is -0.325. The summed E-state index contributed by atoms with van der Waals surface area (Å²) in [6.45, 7) is 3.00. The van der Waals surface area contributed by atoms with Crippen LogP contribution in [0.4, 0.5) is 0 Å². The number of nitrogens with two attached hydrogens (primary N) is 1. The Morgan fingerprint density at radius 1 is 0.880 bits per heavy atom. The third kappa shape index (κ3) is 4.25. The molecule has 0 bridgehead atoms. The van der Waals surface area contributed by atoms with E-state index in [0.29, 0.717) is 19.6 Å². The normalized spacial score (nSPS) is 15.6. The number of amides is 2. The number of primary amides is 1. The molecule has 1 heterocycles. The topological polar surface area (TPSA) is 66.6 Å². The lowest BCUT2D eigenvalue weighted by Gasteiger charge is -2.22. The molecule has 0 aliphatic carbocycles. The summed E-state index contributed by atoms with van der Waals surface area (Å²) in [5, 5.41) is 0. The lowest BCUT2D eigenvalue weighted by atomic mass is 9.99. The Hall–Kier alpha value is -2.66. The van der Waals surface area contributed by atoms with Gasteiger partial charge in [0.1, 0.15) is 0 Å². The molecule has 1 aliphatic rings. The fourth-order valence-corrected chi connectivity index (χ4v) is 3.26. The van der Waals surface area contributed by atoms with Gasteiger partial charge in [0, 0.05) is 31.7 Å². The van der Waals surface area contributed by atoms with Crippen LogP contribution in [0.5, 0.6) is 0 Å². The molecule has 0 spiro atoms. The molecule has 0 unspecified atom stereocenters. The number of rotatable bonds is 4. The Balaban J connectivity index is 1.79. The summed E-state index contributed by atoms with van der Waals surface area (Å²) in [4.78, 5) is 28.1. The number of benzene rings is 2. The number of nitrogens with zero attached hydrogens (tertiary/aromatic N) is 2. The van der Waals surface area contributed by atoms with Crippen LogP contribution in [0.25, 0.3) is 11.1 Å². The molecule has 0 atom stereocenters. The molecule has 25 heavy (non-hydrogen) atoms. The highest BCUT2D eigenvalue weighted by Crippen LogP contribution is 2.25. The Morgan fingerprint density at radius 2 is 1.60 bits per heavy atom. The molecule has 2 N–H and O–H groups in total. The average molecular weight is 337 g/mol. The van der Waals surface area contributed by atoms with E-state index in [0.717, 1.165) is 29.7 Å². The molecule has 1 fully saturated rings. The van der Waals surface area contributed by atoms with Gasteiger partial charge in [-0.05, 0) is 23.6 Å². The third-order valence-electron chi connectivity index (χ3n) is 4.50. The van der Waals surface area contributed by atoms with Gasteiger partial charge in [-0.25, -0.2) is 0 Å². The van der Waals surface area contributed by atoms with E-state index >= 15 is 0 Å². The lowest BCUT2D eigenvalue weighted by molar-refractivity contribution is -0.119. The Bertz CT molecular complexity index is 746. The van der Waals surface area contributed by atoms with Crippen LogP contribution in [0.3, 0.4) is 0 Å². The smallest absolute Gasteiger partial charge is 0.254 e. The Morgan fingerprint density at radius 3 is 2.36 bits per heavy atom. The predicted molar refractivity (Wildman–Crippen MR) is 98.0 cm³/mol. The van der Waals surface area contributed by atoms with Crippen molar-refractivity contribution in [1.29, 1.82) is 0 Å². The highest BCUT2D eigenvalue weighted by molar-refractivity contribution is 6.00. The van der Waals surface area contributed by atoms with E-state index in [1.807, 2.05) is 64.4 Å². The zero-order valence-electron chi connectivity index (χ0n) is 14.2. The summed E-state index contributed by atoms with van der Waals surface area (Å²) in [5.41, 5.74) is 7.99. The Labute approximate surface area is 148 Å². The lowest BCUT2D eigenvalue weighted by Crippen LogP contribution is -2.38. The van der Waals surface area contributed by atoms with Crippen LogP contribution < -0.4 is 5.73 Å². The van der Waals surface area contributed by atoms with Crippen molar-refractivity contribution in [3.8, 4) is 11.1 Å². The number of carbonyl (C=O) groups is 2. The third-order valence-corrected chi connectivity index (χ3v) is 4.50. The molecular weight excluding hydrogens is 314 g/mol. The van der Waals surface area contributed by atoms with E-state index in [1.54, 1.807) is 0 Å². The minimum Gasteiger partial charge on any atom is -0.369 e. The van der Waals surface area contributed by atoms with Gasteiger partial charge in [0.05, 0.1) is 6.54 Å². The van der Waals surface area contributed by atoms with Crippen LogP contribution in [0.2, 0.25) is 0 Å². The zero-order chi connectivity index (χ0) is 17.6. The van der Waals surface area contributed by atoms with Crippen LogP contribution in [0.1, 0.15) is 16.8 Å². The van der Waals surface area contributed by atoms with Gasteiger partial charge in [-0.15, -0.1) is 0 Å². The molecular formula is C20H23N3O2. The maximum Gasteiger partial charge on any atom is 0.254 e. The maximum atomic E-state index is 13.1. The molecule has 5 nitrogen and oxygen atoms in total. The van der Waals surface area contributed by atoms with Gasteiger partial charge in [-0.1, -0.05) is 48.5 Å². The maximum absolute atomic E-state index is 13.1. The standard InChI is InChI=1S/C20H23N3O2/c21-19(24)15-22-11-6-12-23(14-13-22)20(25)18-10-5-4-9-17(18)16-7-2-1-3-8-16/h1-5,7-10H,6,11-15H2,(H2,21,24). The number of carbonyl (C=O) groups excluding carboxylic acids is 2. The largest absolute Gasteiger partial charge is 0.369 e. The molecule has 2 amide bonds. The van der Waals surface area contributed by atoms with Crippen molar-refractivity contribution < 1.29 is 9.59 Å². The van der Waals surface area contributed by atoms with E-state index in [-0.39, 0.29) is 18.4 Å². The average Bonchev–Trinajstić information content (AvgIpc) is 2.87. The van der Waals surface area contributed by atoms with Gasteiger partial charge in [-0.2, -0.15) is 0 Å². The minimum absolute atomic E-state index is 0.0420. The van der Waals surface area contributed by atoms with Crippen molar-refractivity contribution in [2.45, 2.75) is 6.42 Å². The first-order valence-electron chi connectivity index (χ1n) is 8.59. The van der Waals surface area contributed by atoms with Crippen molar-refractivity contribution in [2.75, 3.05) is 32.7 Å². The van der Waals surface area contributed by atoms with Gasteiger partial charge < -0.3 is 10.6 Å². The first kappa shape index (κ1) is 17.2. The first-order valence-corrected chi connectivity index (χ1v) is 8.59. The summed E-state index contributed by atoms with van der Waals surface area (Å²) in [7, 11) is 0. The quantitative estimate of drug-likeness (QED) is 0.928. The summed E-state index contributed by atoms with van der Waals surface area (Å²) in [6.07, 6.45) is 0.840. The summed E-state index contributed by atoms with van der Waals surface area (Å²) in [6, 6.07) is 17.7. The number of hydrogen-bond acceptors (Lipinski definition) is 3. The Kier molecular flexibility index (Phi) is 5.46. The monoisotopic (exact) mass is 337 g/mol. The number of hydrogen-bond donors (Lipinski definition) is 1. The molecule has 0 radical (unpaired) electrons. The molecule has 2 aromatic carbocycles. The predicted octanol–water partition coefficient (Wildman–Crippen LogP) is 1.99. The van der Waals surface area contributed by atoms with Crippen molar-refractivity contribution in [1.82, 2.24) is 9.80 Å². The van der Waals surface area contributed by atoms with Gasteiger partial charge in [-0.3, -0.25) is 14.5 Å². The van der Waals surface area contributed by atoms with Crippen molar-refractivity contribution in [2.24, 2.45) is 5.73 Å². The molecule has 1 aliphatic heterocycles. The van der Waals surface area contributed by atoms with E-state index in [9.17, 15) is 9.59 Å². The van der Waals surface area contributed by atoms with Crippen molar-refractivity contribution in [3.05, 3.63) is 60.2 Å². The second-order valence-electron chi connectivity index (χ2n) is 6.30. The summed E-state index contributed by atoms with van der Waals surface area (Å²) >= 11 is 0. The highest BCUT2D eigenvalue weighted by Gasteiger charge is 2.22. The zero-order valence-corrected chi connectivity index (χ0v) is 14.2. The molecule has 3 rings (SSSR count). The van der Waals surface area contributed by atoms with E-state index in [2.05, 4.69) is 0 Å². The second kappa shape index (κ2) is 7.94. The molecule has 2 aromatic rings. The van der Waals surface area contributed by atoms with Crippen LogP contribution in [-0.4, -0.2) is 54.3 Å². The van der Waals surface area contributed by atoms with Crippen LogP contribution in [-0.2, 0) is 4.79 Å². The fraction of sp³-hybridized carbons (Fsp3) is 0.300. The van der Waals surface area contributed by atoms with Gasteiger partial charge >= 0.3 is 0 Å². The molecule has 1 saturated heterocycles. The highest BCUT2D eigenvalue weighted by atomic mass is 16.2. The van der Waals surface area contributed by atoms with Crippen molar-refractivity contribution >= 4 is 11.8 Å². The van der Waals surface area contributed by atoms with E-state index < -0.39 is 0 Å². The van der Waals surface area contributed by atoms with E-state index in [4.69, 9.17) is 5.73 Å². The summed E-state index contributed by atoms with van der Waals surface area (Å²) < 4.78 is 0. The van der Waals surface area contributed by atoms with Crippen molar-refractivity contribution in [3.63, 3.8) is 0 Å². The molecule has 0 aromatic heterocycles. The van der Waals surface area contributed by atoms with Crippen LogP contribution in [0, 0.1) is 0 Å². The van der Waals surface area contributed by atoms with E-state index in [1.165, 1.54) is 0 Å². The van der Waals surface area contributed by atoms with Gasteiger partial charge in [0.15, 0.2) is 0 Å². The fourth-order valence-electron chi connectivity index (χ4n) is 3.26. The van der Waals surface area contributed by atoms with Crippen LogP contribution in [0.15, 0.2) is 54.6 Å². The second-order valence-corrected chi connectivity index (χ2v) is 6.30. The van der Waals surface area contributed by atoms with Gasteiger partial charge in [0.2, 0.25) is 5.91 Å². The first-order chi connectivity index (χ1) is 12.1. The summed E-state index contributed by atoms with van der Waals surface area (Å²) in [5.74, 6) is -0.283. The molecule has 130 valence electrons. The van der Waals surface area contributed by atoms with Crippen LogP contribution >= 0.6 is 0 Å². The molecule has 0 saturated carbocycles. The molecule has 5 heteroatoms. The SMILES string of the molecule is NC(=O)CN1CCCN(C(=O)c2ccccc2-c2ccccc2)CC1. The van der Waals surface area contributed by atoms with Gasteiger partial charge in [0.25, 0.3) is 5.91 Å².